The van der Waals surface area contributed by atoms with E-state index in [4.69, 9.17) is 4.65 Å². The molecule has 0 spiro atoms. The smallest absolute Gasteiger partial charge is 0.665 e. The molecule has 0 aromatic heterocycles. The van der Waals surface area contributed by atoms with E-state index >= 15 is 0 Å². The summed E-state index contributed by atoms with van der Waals surface area (Å²) in [5.41, 5.74) is 8.43. The Morgan fingerprint density at radius 1 is 0.261 bits per heavy atom. The van der Waals surface area contributed by atoms with Crippen molar-refractivity contribution in [3.8, 4) is 0 Å². The average Bonchev–Trinajstić information content (AvgIpc) is 3.07. The molecule has 0 atom stereocenters. The molecular formula is C42H42LiNSi2. The van der Waals surface area contributed by atoms with Crippen LogP contribution in [0.15, 0.2) is 182 Å². The molecule has 0 radical (unpaired) electrons. The molecule has 0 heterocycles. The molecule has 0 N–H and O–H groups in total. The van der Waals surface area contributed by atoms with Gasteiger partial charge in [0.15, 0.2) is 0 Å². The Balaban J connectivity index is 0.00000417. The maximum atomic E-state index is 6.59. The van der Waals surface area contributed by atoms with Crippen molar-refractivity contribution in [1.82, 2.24) is 0 Å². The number of nitrogens with zero attached hydrogens (tertiary/aromatic N) is 1. The van der Waals surface area contributed by atoms with Crippen LogP contribution in [0.3, 0.4) is 0 Å². The molecule has 46 heavy (non-hydrogen) atoms. The van der Waals surface area contributed by atoms with E-state index in [9.17, 15) is 0 Å². The molecule has 6 aromatic rings. The Kier molecular flexibility index (Phi) is 12.3. The van der Waals surface area contributed by atoms with E-state index in [-0.39, 0.29) is 18.9 Å². The van der Waals surface area contributed by atoms with Crippen molar-refractivity contribution in [2.75, 3.05) is 0 Å². The molecule has 0 aliphatic carbocycles. The van der Waals surface area contributed by atoms with Gasteiger partial charge in [-0.15, -0.1) is 0 Å². The van der Waals surface area contributed by atoms with Gasteiger partial charge in [0.2, 0.25) is 0 Å². The zero-order valence-corrected chi connectivity index (χ0v) is 29.0. The van der Waals surface area contributed by atoms with Gasteiger partial charge in [0.25, 0.3) is 0 Å². The van der Waals surface area contributed by atoms with Crippen LogP contribution in [0.4, 0.5) is 0 Å². The summed E-state index contributed by atoms with van der Waals surface area (Å²) in [7, 11) is -4.86. The molecule has 0 amide bonds. The van der Waals surface area contributed by atoms with Crippen LogP contribution in [0.1, 0.15) is 33.4 Å². The topological polar surface area (TPSA) is 14.1 Å². The molecule has 0 aliphatic rings. The third kappa shape index (κ3) is 9.66. The zero-order valence-electron chi connectivity index (χ0n) is 27.0. The number of rotatable bonds is 14. The molecule has 0 unspecified atom stereocenters. The van der Waals surface area contributed by atoms with Crippen LogP contribution < -0.4 is 18.9 Å². The summed E-state index contributed by atoms with van der Waals surface area (Å²) in [6.45, 7) is 0. The molecule has 0 bridgehead atoms. The van der Waals surface area contributed by atoms with Crippen LogP contribution in [-0.4, -0.2) is 16.5 Å². The van der Waals surface area contributed by atoms with E-state index in [1.165, 1.54) is 33.4 Å². The van der Waals surface area contributed by atoms with Gasteiger partial charge in [-0.2, -0.15) is 0 Å². The Morgan fingerprint density at radius 2 is 0.413 bits per heavy atom. The van der Waals surface area contributed by atoms with E-state index in [1.54, 1.807) is 0 Å². The van der Waals surface area contributed by atoms with E-state index in [2.05, 4.69) is 182 Å². The molecule has 0 saturated carbocycles. The molecule has 1 nitrogen and oxygen atoms in total. The maximum Gasteiger partial charge on any atom is 1.00 e. The normalized spacial score (nSPS) is 11.5. The molecule has 0 fully saturated rings. The Bertz CT molecular complexity index is 1370. The van der Waals surface area contributed by atoms with Crippen molar-refractivity contribution in [3.63, 3.8) is 0 Å². The van der Waals surface area contributed by atoms with Gasteiger partial charge in [-0.25, -0.2) is 0 Å². The van der Waals surface area contributed by atoms with Crippen LogP contribution in [-0.2, 0) is 36.3 Å². The first-order valence-corrected chi connectivity index (χ1v) is 21.3. The van der Waals surface area contributed by atoms with Gasteiger partial charge in [-0.3, -0.25) is 0 Å². The number of hydrogen-bond donors (Lipinski definition) is 0. The van der Waals surface area contributed by atoms with E-state index in [0.29, 0.717) is 0 Å². The monoisotopic (exact) mass is 623 g/mol. The van der Waals surface area contributed by atoms with Crippen molar-refractivity contribution < 1.29 is 18.9 Å². The van der Waals surface area contributed by atoms with Crippen molar-refractivity contribution in [2.45, 2.75) is 36.3 Å². The first-order valence-electron chi connectivity index (χ1n) is 16.2. The minimum atomic E-state index is -2.43. The molecule has 0 saturated heterocycles. The van der Waals surface area contributed by atoms with Gasteiger partial charge in [-0.05, 0) is 16.5 Å². The minimum absolute atomic E-state index is 0. The Morgan fingerprint density at radius 3 is 0.565 bits per heavy atom. The van der Waals surface area contributed by atoms with Crippen molar-refractivity contribution >= 4 is 16.5 Å². The summed E-state index contributed by atoms with van der Waals surface area (Å²) in [5, 5.41) is 0. The molecule has 6 rings (SSSR count). The number of hydrogen-bond acceptors (Lipinski definition) is 0. The van der Waals surface area contributed by atoms with Crippen molar-refractivity contribution in [1.29, 1.82) is 0 Å². The fraction of sp³-hybridized carbons (Fsp3) is 0.143. The standard InChI is InChI=1S/C42H42NSi2.Li/c1-7-19-37(20-8-1)31-44(32-38-21-9-2-10-22-38,33-39-23-11-3-12-24-39)43-45(34-40-25-13-4-14-26-40,35-41-27-15-5-16-28-41)36-42-29-17-6-18-30-42;/h1-30H,31-36H2;/q-1;+1. The fourth-order valence-corrected chi connectivity index (χ4v) is 19.6. The van der Waals surface area contributed by atoms with E-state index < -0.39 is 16.5 Å². The quantitative estimate of drug-likeness (QED) is 0.117. The molecule has 4 heteroatoms. The van der Waals surface area contributed by atoms with E-state index in [0.717, 1.165) is 36.3 Å². The van der Waals surface area contributed by atoms with Crippen LogP contribution in [0.5, 0.6) is 0 Å². The van der Waals surface area contributed by atoms with Crippen LogP contribution in [0.2, 0.25) is 0 Å². The zero-order chi connectivity index (χ0) is 30.6. The third-order valence-electron chi connectivity index (χ3n) is 8.73. The van der Waals surface area contributed by atoms with Crippen LogP contribution in [0.25, 0.3) is 4.65 Å². The molecule has 224 valence electrons. The van der Waals surface area contributed by atoms with Gasteiger partial charge in [0.1, 0.15) is 0 Å². The van der Waals surface area contributed by atoms with E-state index in [1.807, 2.05) is 0 Å². The van der Waals surface area contributed by atoms with Gasteiger partial charge < -0.3 is 4.65 Å². The second-order valence-corrected chi connectivity index (χ2v) is 20.4. The average molecular weight is 624 g/mol. The first-order chi connectivity index (χ1) is 22.2. The summed E-state index contributed by atoms with van der Waals surface area (Å²) in [6.07, 6.45) is 0. The second kappa shape index (κ2) is 16.7. The summed E-state index contributed by atoms with van der Waals surface area (Å²) in [4.78, 5) is 0. The number of benzene rings is 6. The molecular weight excluding hydrogens is 582 g/mol. The van der Waals surface area contributed by atoms with Crippen LogP contribution in [0, 0.1) is 0 Å². The SMILES string of the molecule is [Li+].c1ccc(C[Si](Cc2ccccc2)(Cc2ccccc2)[N-][Si](Cc2ccccc2)(Cc2ccccc2)Cc2ccccc2)cc1. The van der Waals surface area contributed by atoms with Gasteiger partial charge in [0, 0.05) is 0 Å². The van der Waals surface area contributed by atoms with Gasteiger partial charge in [-0.1, -0.05) is 252 Å². The summed E-state index contributed by atoms with van der Waals surface area (Å²) in [6, 6.07) is 73.2. The predicted octanol–water partition coefficient (Wildman–Crippen LogP) is 6.95. The van der Waals surface area contributed by atoms with Crippen LogP contribution >= 0.6 is 0 Å². The third-order valence-corrected chi connectivity index (χ3v) is 18.9. The fourth-order valence-electron chi connectivity index (χ4n) is 6.97. The van der Waals surface area contributed by atoms with Crippen molar-refractivity contribution in [2.24, 2.45) is 0 Å². The van der Waals surface area contributed by atoms with Gasteiger partial charge in [0.05, 0.1) is 0 Å². The molecule has 0 aliphatic heterocycles. The van der Waals surface area contributed by atoms with Crippen molar-refractivity contribution in [3.05, 3.63) is 220 Å². The Hall–Kier alpha value is -3.69. The predicted molar refractivity (Wildman–Crippen MR) is 196 cm³/mol. The Labute approximate surface area is 290 Å². The largest absolute Gasteiger partial charge is 1.00 e. The summed E-state index contributed by atoms with van der Waals surface area (Å²) >= 11 is 0. The summed E-state index contributed by atoms with van der Waals surface area (Å²) in [5.74, 6) is 0. The maximum absolute atomic E-state index is 6.59. The summed E-state index contributed by atoms with van der Waals surface area (Å²) < 4.78 is 6.59. The molecule has 6 aromatic carbocycles. The minimum Gasteiger partial charge on any atom is -0.665 e. The second-order valence-electron chi connectivity index (χ2n) is 12.5. The first kappa shape index (κ1) is 33.7. The van der Waals surface area contributed by atoms with Gasteiger partial charge >= 0.3 is 18.9 Å².